The molecule has 4 aromatic carbocycles. The molecular weight excluding hydrogens is 657 g/mol. The van der Waals surface area contributed by atoms with Crippen LogP contribution < -0.4 is 20.1 Å². The van der Waals surface area contributed by atoms with Crippen molar-refractivity contribution in [1.82, 2.24) is 14.6 Å². The summed E-state index contributed by atoms with van der Waals surface area (Å²) < 4.78 is 70.4. The Morgan fingerprint density at radius 2 is 1.53 bits per heavy atom. The highest BCUT2D eigenvalue weighted by atomic mass is 32.2. The van der Waals surface area contributed by atoms with Crippen molar-refractivity contribution in [3.05, 3.63) is 131 Å². The van der Waals surface area contributed by atoms with Crippen LogP contribution in [0.2, 0.25) is 0 Å². The number of anilines is 1. The first kappa shape index (κ1) is 35.0. The van der Waals surface area contributed by atoms with Gasteiger partial charge in [-0.2, -0.15) is 21.6 Å². The number of hydrogen-bond donors (Lipinski definition) is 3. The fourth-order valence-electron chi connectivity index (χ4n) is 5.57. The van der Waals surface area contributed by atoms with Gasteiger partial charge >= 0.3 is 21.6 Å². The molecule has 3 amide bonds. The molecule has 1 heterocycles. The van der Waals surface area contributed by atoms with Crippen LogP contribution in [0.4, 0.5) is 23.7 Å². The van der Waals surface area contributed by atoms with Gasteiger partial charge in [0.15, 0.2) is 0 Å². The van der Waals surface area contributed by atoms with Gasteiger partial charge in [-0.1, -0.05) is 80.1 Å². The lowest BCUT2D eigenvalue weighted by atomic mass is 9.98. The smallest absolute Gasteiger partial charge is 0.496 e. The molecule has 13 heteroatoms. The first-order valence-electron chi connectivity index (χ1n) is 15.5. The molecule has 0 unspecified atom stereocenters. The zero-order valence-corrected chi connectivity index (χ0v) is 27.6. The number of fused-ring (bicyclic) bond motifs is 1. The summed E-state index contributed by atoms with van der Waals surface area (Å²) in [6, 6.07) is 29.0. The Hall–Kier alpha value is -5.30. The maximum atomic E-state index is 12.9. The molecule has 0 aliphatic carbocycles. The van der Waals surface area contributed by atoms with Crippen molar-refractivity contribution in [2.45, 2.75) is 37.7 Å². The number of methoxy groups -OCH3 is 1. The second-order valence-electron chi connectivity index (χ2n) is 11.3. The van der Waals surface area contributed by atoms with Crippen LogP contribution in [0.5, 0.6) is 5.75 Å². The number of unbranched alkanes of at least 4 members (excludes halogenated alkanes) is 1. The third-order valence-corrected chi connectivity index (χ3v) is 9.02. The maximum absolute atomic E-state index is 12.9. The Morgan fingerprint density at radius 1 is 0.878 bits per heavy atom. The molecule has 0 atom stereocenters. The molecule has 3 N–H and O–H groups in total. The number of ether oxygens (including phenoxy) is 1. The molecule has 9 nitrogen and oxygen atoms in total. The topological polar surface area (TPSA) is 119 Å². The van der Waals surface area contributed by atoms with E-state index in [9.17, 15) is 31.2 Å². The van der Waals surface area contributed by atoms with Gasteiger partial charge in [-0.15, -0.1) is 0 Å². The number of aromatic nitrogens is 1. The standard InChI is InChI=1S/C36H35F3N4O5S/c1-3-4-19-40-35(45)41-29-17-18-31-30(22-29)28(23-43(31)33(24-11-7-5-8-12-24)25-13-9-6-10-14-25)20-26-15-16-27(21-32(26)48-2)34(44)42-49(46,47)36(37,38)39/h5-18,21-23,33H,3-4,19-20H2,1-2H3,(H,42,44)(H2,40,41,45). The number of carbonyl (C=O) groups is 2. The van der Waals surface area contributed by atoms with Crippen LogP contribution in [-0.2, 0) is 16.4 Å². The number of nitrogens with one attached hydrogen (secondary N) is 3. The predicted molar refractivity (Wildman–Crippen MR) is 182 cm³/mol. The molecule has 0 bridgehead atoms. The normalized spacial score (nSPS) is 11.8. The molecule has 5 rings (SSSR count). The second-order valence-corrected chi connectivity index (χ2v) is 13.0. The van der Waals surface area contributed by atoms with Crippen LogP contribution in [0, 0.1) is 0 Å². The van der Waals surface area contributed by atoms with Gasteiger partial charge in [-0.3, -0.25) is 4.79 Å². The van der Waals surface area contributed by atoms with Gasteiger partial charge in [0.25, 0.3) is 5.91 Å². The summed E-state index contributed by atoms with van der Waals surface area (Å²) >= 11 is 0. The fourth-order valence-corrected chi connectivity index (χ4v) is 6.05. The second kappa shape index (κ2) is 14.9. The van der Waals surface area contributed by atoms with Crippen molar-refractivity contribution in [1.29, 1.82) is 0 Å². The first-order valence-corrected chi connectivity index (χ1v) is 17.0. The van der Waals surface area contributed by atoms with Gasteiger partial charge in [0.1, 0.15) is 5.75 Å². The average Bonchev–Trinajstić information content (AvgIpc) is 3.42. The van der Waals surface area contributed by atoms with Gasteiger partial charge in [0, 0.05) is 41.3 Å². The third kappa shape index (κ3) is 8.06. The molecule has 0 spiro atoms. The van der Waals surface area contributed by atoms with Crippen molar-refractivity contribution >= 4 is 38.6 Å². The lowest BCUT2D eigenvalue weighted by Crippen LogP contribution is -2.40. The molecule has 0 fully saturated rings. The lowest BCUT2D eigenvalue weighted by Gasteiger charge is -2.21. The highest BCUT2D eigenvalue weighted by Crippen LogP contribution is 2.36. The summed E-state index contributed by atoms with van der Waals surface area (Å²) in [6.07, 6.45) is 4.06. The Balaban J connectivity index is 1.58. The summed E-state index contributed by atoms with van der Waals surface area (Å²) in [5.41, 5.74) is -1.04. The molecule has 0 aliphatic heterocycles. The van der Waals surface area contributed by atoms with E-state index >= 15 is 0 Å². The monoisotopic (exact) mass is 692 g/mol. The largest absolute Gasteiger partial charge is 0.516 e. The summed E-state index contributed by atoms with van der Waals surface area (Å²) in [5, 5.41) is 6.57. The zero-order chi connectivity index (χ0) is 35.2. The number of alkyl halides is 3. The quantitative estimate of drug-likeness (QED) is 0.118. The van der Waals surface area contributed by atoms with E-state index in [1.807, 2.05) is 92.0 Å². The van der Waals surface area contributed by atoms with E-state index in [0.29, 0.717) is 17.8 Å². The van der Waals surface area contributed by atoms with Gasteiger partial charge in [0.2, 0.25) is 0 Å². The van der Waals surface area contributed by atoms with Crippen molar-refractivity contribution in [3.63, 3.8) is 0 Å². The SMILES string of the molecule is CCCCNC(=O)Nc1ccc2c(c1)c(Cc1ccc(C(=O)NS(=O)(=O)C(F)(F)F)cc1OC)cn2C(c1ccccc1)c1ccccc1. The number of amides is 3. The van der Waals surface area contributed by atoms with Gasteiger partial charge in [0.05, 0.1) is 13.2 Å². The van der Waals surface area contributed by atoms with Gasteiger partial charge in [-0.25, -0.2) is 9.52 Å². The molecule has 0 saturated heterocycles. The Kier molecular flexibility index (Phi) is 10.6. The maximum Gasteiger partial charge on any atom is 0.516 e. The molecule has 256 valence electrons. The van der Waals surface area contributed by atoms with Crippen LogP contribution in [-0.4, -0.2) is 44.1 Å². The Labute approximate surface area is 282 Å². The van der Waals surface area contributed by atoms with Crippen LogP contribution >= 0.6 is 0 Å². The number of rotatable bonds is 12. The van der Waals surface area contributed by atoms with Crippen LogP contribution in [0.15, 0.2) is 103 Å². The summed E-state index contributed by atoms with van der Waals surface area (Å²) in [5.74, 6) is -1.27. The van der Waals surface area contributed by atoms with Crippen molar-refractivity contribution in [3.8, 4) is 5.75 Å². The van der Waals surface area contributed by atoms with E-state index in [0.717, 1.165) is 45.2 Å². The predicted octanol–water partition coefficient (Wildman–Crippen LogP) is 7.38. The molecule has 0 saturated carbocycles. The van der Waals surface area contributed by atoms with Crippen LogP contribution in [0.25, 0.3) is 10.9 Å². The molecular formula is C36H35F3N4O5S. The number of nitrogens with zero attached hydrogens (tertiary/aromatic N) is 1. The first-order chi connectivity index (χ1) is 23.4. The number of sulfonamides is 1. The summed E-state index contributed by atoms with van der Waals surface area (Å²) in [6.45, 7) is 2.57. The van der Waals surface area contributed by atoms with Crippen molar-refractivity contribution in [2.75, 3.05) is 19.0 Å². The van der Waals surface area contributed by atoms with Crippen LogP contribution in [0.1, 0.15) is 58.4 Å². The summed E-state index contributed by atoms with van der Waals surface area (Å²) in [4.78, 5) is 25.1. The van der Waals surface area contributed by atoms with E-state index in [-0.39, 0.29) is 29.8 Å². The minimum Gasteiger partial charge on any atom is -0.496 e. The van der Waals surface area contributed by atoms with Crippen LogP contribution in [0.3, 0.4) is 0 Å². The number of urea groups is 1. The van der Waals surface area contributed by atoms with E-state index in [4.69, 9.17) is 4.74 Å². The fraction of sp³-hybridized carbons (Fsp3) is 0.222. The minimum atomic E-state index is -5.90. The van der Waals surface area contributed by atoms with Crippen molar-refractivity contribution < 1.29 is 35.9 Å². The Morgan fingerprint density at radius 3 is 2.12 bits per heavy atom. The number of hydrogen-bond acceptors (Lipinski definition) is 5. The van der Waals surface area contributed by atoms with E-state index in [2.05, 4.69) is 15.2 Å². The lowest BCUT2D eigenvalue weighted by molar-refractivity contribution is -0.0446. The van der Waals surface area contributed by atoms with Gasteiger partial charge < -0.3 is 19.9 Å². The minimum absolute atomic E-state index is 0.171. The van der Waals surface area contributed by atoms with Gasteiger partial charge in [-0.05, 0) is 59.0 Å². The molecule has 49 heavy (non-hydrogen) atoms. The number of halogens is 3. The van der Waals surface area contributed by atoms with E-state index < -0.39 is 21.4 Å². The average molecular weight is 693 g/mol. The third-order valence-electron chi connectivity index (χ3n) is 7.96. The molecule has 0 aliphatic rings. The molecule has 0 radical (unpaired) electrons. The highest BCUT2D eigenvalue weighted by molar-refractivity contribution is 7.90. The Bertz CT molecular complexity index is 2010. The van der Waals surface area contributed by atoms with Crippen molar-refractivity contribution in [2.24, 2.45) is 0 Å². The zero-order valence-electron chi connectivity index (χ0n) is 26.8. The summed E-state index contributed by atoms with van der Waals surface area (Å²) in [7, 11) is -4.55. The number of benzene rings is 4. The van der Waals surface area contributed by atoms with E-state index in [1.54, 1.807) is 0 Å². The molecule has 1 aromatic heterocycles. The highest BCUT2D eigenvalue weighted by Gasteiger charge is 2.47. The van der Waals surface area contributed by atoms with E-state index in [1.165, 1.54) is 25.3 Å². The number of carbonyl (C=O) groups excluding carboxylic acids is 2. The molecule has 5 aromatic rings.